The Kier molecular flexibility index (Phi) is 6.97. The summed E-state index contributed by atoms with van der Waals surface area (Å²) in [5, 5.41) is 0. The van der Waals surface area contributed by atoms with E-state index in [0.717, 1.165) is 0 Å². The van der Waals surface area contributed by atoms with E-state index >= 15 is 0 Å². The predicted molar refractivity (Wildman–Crippen MR) is 121 cm³/mol. The Labute approximate surface area is 165 Å². The zero-order chi connectivity index (χ0) is 18.9. The van der Waals surface area contributed by atoms with Crippen molar-refractivity contribution in [1.82, 2.24) is 0 Å². The van der Waals surface area contributed by atoms with E-state index in [9.17, 15) is 0 Å². The lowest BCUT2D eigenvalue weighted by Crippen LogP contribution is -1.90. The summed E-state index contributed by atoms with van der Waals surface area (Å²) in [6, 6.07) is 40.0. The summed E-state index contributed by atoms with van der Waals surface area (Å²) >= 11 is 0. The van der Waals surface area contributed by atoms with Gasteiger partial charge in [0, 0.05) is 5.66 Å². The molecule has 0 aliphatic rings. The molecule has 27 heavy (non-hydrogen) atoms. The Morgan fingerprint density at radius 3 is 1.41 bits per heavy atom. The van der Waals surface area contributed by atoms with Gasteiger partial charge in [0.25, 0.3) is 0 Å². The molecule has 1 atom stereocenters. The number of hydrogen-bond donors (Lipinski definition) is 0. The van der Waals surface area contributed by atoms with Crippen LogP contribution in [0, 0.1) is 6.92 Å². The summed E-state index contributed by atoms with van der Waals surface area (Å²) in [7, 11) is 2.89. The molecule has 4 aromatic rings. The van der Waals surface area contributed by atoms with Gasteiger partial charge in [-0.2, -0.15) is 0 Å². The first-order valence-corrected chi connectivity index (χ1v) is 9.89. The van der Waals surface area contributed by atoms with Crippen LogP contribution in [-0.2, 0) is 0 Å². The molecule has 0 spiro atoms. The van der Waals surface area contributed by atoms with Crippen molar-refractivity contribution >= 4 is 9.24 Å². The van der Waals surface area contributed by atoms with Gasteiger partial charge in [-0.15, -0.1) is 9.24 Å². The highest BCUT2D eigenvalue weighted by atomic mass is 31.0. The van der Waals surface area contributed by atoms with Crippen molar-refractivity contribution in [2.24, 2.45) is 0 Å². The van der Waals surface area contributed by atoms with Crippen molar-refractivity contribution in [3.63, 3.8) is 0 Å². The van der Waals surface area contributed by atoms with Gasteiger partial charge in [0.15, 0.2) is 0 Å². The van der Waals surface area contributed by atoms with E-state index in [1.54, 1.807) is 0 Å². The Hall–Kier alpha value is -2.69. The van der Waals surface area contributed by atoms with Gasteiger partial charge in [0.05, 0.1) is 0 Å². The molecular formula is C26H25P. The van der Waals surface area contributed by atoms with E-state index in [-0.39, 0.29) is 0 Å². The third-order valence-corrected chi connectivity index (χ3v) is 5.32. The maximum atomic E-state index is 2.89. The van der Waals surface area contributed by atoms with Crippen molar-refractivity contribution in [2.75, 3.05) is 0 Å². The van der Waals surface area contributed by atoms with Gasteiger partial charge >= 0.3 is 0 Å². The number of hydrogen-bond acceptors (Lipinski definition) is 0. The largest absolute Gasteiger partial charge is 0.125 e. The predicted octanol–water partition coefficient (Wildman–Crippen LogP) is 7.31. The molecule has 0 saturated carbocycles. The fourth-order valence-corrected chi connectivity index (χ4v) is 3.47. The van der Waals surface area contributed by atoms with Crippen molar-refractivity contribution in [3.8, 4) is 11.1 Å². The number of rotatable bonds is 3. The molecule has 0 aromatic heterocycles. The Morgan fingerprint density at radius 2 is 0.926 bits per heavy atom. The summed E-state index contributed by atoms with van der Waals surface area (Å²) in [5.41, 5.74) is 7.02. The highest BCUT2D eigenvalue weighted by molar-refractivity contribution is 7.17. The standard InChI is InChI=1S/C13H13P.C13H12/c14-13(11-7-3-1-4-8-11)12-9-5-2-6-10-12;1-11-7-5-6-10-13(11)12-8-3-2-4-9-12/h1-10,13H,14H2;2-10H,1H3. The summed E-state index contributed by atoms with van der Waals surface area (Å²) in [6.45, 7) is 2.14. The molecule has 0 radical (unpaired) electrons. The molecule has 134 valence electrons. The fourth-order valence-electron chi connectivity index (χ4n) is 3.03. The molecular weight excluding hydrogens is 343 g/mol. The summed E-state index contributed by atoms with van der Waals surface area (Å²) < 4.78 is 0. The molecule has 0 fully saturated rings. The van der Waals surface area contributed by atoms with Gasteiger partial charge in [0.1, 0.15) is 0 Å². The zero-order valence-electron chi connectivity index (χ0n) is 15.6. The van der Waals surface area contributed by atoms with Gasteiger partial charge in [-0.25, -0.2) is 0 Å². The molecule has 0 aliphatic heterocycles. The maximum absolute atomic E-state index is 2.89. The highest BCUT2D eigenvalue weighted by Crippen LogP contribution is 2.30. The van der Waals surface area contributed by atoms with Gasteiger partial charge in [-0.05, 0) is 34.7 Å². The molecule has 1 unspecified atom stereocenters. The molecule has 1 heteroatoms. The van der Waals surface area contributed by atoms with Crippen LogP contribution in [0.15, 0.2) is 115 Å². The summed E-state index contributed by atoms with van der Waals surface area (Å²) in [5.74, 6) is 0. The van der Waals surface area contributed by atoms with Crippen molar-refractivity contribution < 1.29 is 0 Å². The van der Waals surface area contributed by atoms with E-state index in [0.29, 0.717) is 5.66 Å². The smallest absolute Gasteiger partial charge is 0.0234 e. The van der Waals surface area contributed by atoms with Gasteiger partial charge < -0.3 is 0 Å². The van der Waals surface area contributed by atoms with Crippen LogP contribution in [0.5, 0.6) is 0 Å². The SMILES string of the molecule is Cc1ccccc1-c1ccccc1.PC(c1ccccc1)c1ccccc1. The minimum Gasteiger partial charge on any atom is -0.125 e. The van der Waals surface area contributed by atoms with E-state index in [2.05, 4.69) is 113 Å². The van der Waals surface area contributed by atoms with E-state index in [1.807, 2.05) is 18.2 Å². The second-order valence-corrected chi connectivity index (χ2v) is 7.15. The summed E-state index contributed by atoms with van der Waals surface area (Å²) in [6.07, 6.45) is 0. The van der Waals surface area contributed by atoms with Crippen LogP contribution in [0.25, 0.3) is 11.1 Å². The molecule has 0 bridgehead atoms. The number of benzene rings is 4. The first kappa shape index (κ1) is 19.1. The van der Waals surface area contributed by atoms with Gasteiger partial charge in [-0.1, -0.05) is 115 Å². The molecule has 0 heterocycles. The number of aryl methyl sites for hydroxylation is 1. The van der Waals surface area contributed by atoms with E-state index < -0.39 is 0 Å². The Morgan fingerprint density at radius 1 is 0.519 bits per heavy atom. The second kappa shape index (κ2) is 9.86. The molecule has 4 aromatic carbocycles. The first-order valence-electron chi connectivity index (χ1n) is 9.22. The molecule has 0 nitrogen and oxygen atoms in total. The van der Waals surface area contributed by atoms with Crippen molar-refractivity contribution in [2.45, 2.75) is 12.6 Å². The monoisotopic (exact) mass is 368 g/mol. The van der Waals surface area contributed by atoms with Crippen molar-refractivity contribution in [3.05, 3.63) is 132 Å². The van der Waals surface area contributed by atoms with Crippen LogP contribution >= 0.6 is 9.24 Å². The van der Waals surface area contributed by atoms with Crippen LogP contribution in [0.4, 0.5) is 0 Å². The fraction of sp³-hybridized carbons (Fsp3) is 0.0769. The van der Waals surface area contributed by atoms with Crippen LogP contribution in [-0.4, -0.2) is 0 Å². The van der Waals surface area contributed by atoms with Crippen LogP contribution < -0.4 is 0 Å². The second-order valence-electron chi connectivity index (χ2n) is 6.48. The minimum absolute atomic E-state index is 0.400. The van der Waals surface area contributed by atoms with Gasteiger partial charge in [0.2, 0.25) is 0 Å². The Balaban J connectivity index is 0.000000156. The normalized spacial score (nSPS) is 10.2. The molecule has 4 rings (SSSR count). The topological polar surface area (TPSA) is 0 Å². The average molecular weight is 368 g/mol. The lowest BCUT2D eigenvalue weighted by Gasteiger charge is -2.11. The maximum Gasteiger partial charge on any atom is 0.0234 e. The molecule has 0 saturated heterocycles. The van der Waals surface area contributed by atoms with Gasteiger partial charge in [-0.3, -0.25) is 0 Å². The lowest BCUT2D eigenvalue weighted by molar-refractivity contribution is 1.16. The van der Waals surface area contributed by atoms with Crippen molar-refractivity contribution in [1.29, 1.82) is 0 Å². The van der Waals surface area contributed by atoms with E-state index in [4.69, 9.17) is 0 Å². The Bertz CT molecular complexity index is 892. The summed E-state index contributed by atoms with van der Waals surface area (Å²) in [4.78, 5) is 0. The molecule has 0 amide bonds. The molecule has 0 aliphatic carbocycles. The molecule has 0 N–H and O–H groups in total. The zero-order valence-corrected chi connectivity index (χ0v) is 16.8. The highest BCUT2D eigenvalue weighted by Gasteiger charge is 2.06. The lowest BCUT2D eigenvalue weighted by atomic mass is 10.0. The average Bonchev–Trinajstić information content (AvgIpc) is 2.76. The third-order valence-electron chi connectivity index (χ3n) is 4.55. The van der Waals surface area contributed by atoms with E-state index in [1.165, 1.54) is 27.8 Å². The minimum atomic E-state index is 0.400. The van der Waals surface area contributed by atoms with Crippen LogP contribution in [0.2, 0.25) is 0 Å². The quantitative estimate of drug-likeness (QED) is 0.332. The first-order chi connectivity index (χ1) is 13.3. The van der Waals surface area contributed by atoms with Crippen LogP contribution in [0.1, 0.15) is 22.3 Å². The third kappa shape index (κ3) is 5.39. The van der Waals surface area contributed by atoms with Crippen LogP contribution in [0.3, 0.4) is 0 Å².